The number of carbonyl (C=O) groups is 2. The van der Waals surface area contributed by atoms with Gasteiger partial charge in [0, 0.05) is 6.07 Å². The van der Waals surface area contributed by atoms with Crippen LogP contribution < -0.4 is 14.8 Å². The Labute approximate surface area is 174 Å². The number of rotatable bonds is 10. The minimum Gasteiger partial charge on any atom is -0.493 e. The van der Waals surface area contributed by atoms with E-state index in [4.69, 9.17) is 14.2 Å². The van der Waals surface area contributed by atoms with E-state index in [0.29, 0.717) is 6.42 Å². The number of hydrogen-bond donors (Lipinski definition) is 1. The molecule has 9 nitrogen and oxygen atoms in total. The maximum Gasteiger partial charge on any atom is 0.345 e. The van der Waals surface area contributed by atoms with Crippen molar-refractivity contribution < 1.29 is 28.7 Å². The number of nitro benzene ring substituents is 1. The summed E-state index contributed by atoms with van der Waals surface area (Å²) in [4.78, 5) is 35.3. The summed E-state index contributed by atoms with van der Waals surface area (Å²) >= 11 is 0. The Morgan fingerprint density at radius 1 is 1.10 bits per heavy atom. The van der Waals surface area contributed by atoms with Crippen LogP contribution in [0.3, 0.4) is 0 Å². The maximum absolute atomic E-state index is 12.4. The van der Waals surface area contributed by atoms with Gasteiger partial charge in [0.2, 0.25) is 0 Å². The van der Waals surface area contributed by atoms with Crippen LogP contribution in [-0.2, 0) is 9.53 Å². The maximum atomic E-state index is 12.4. The average Bonchev–Trinajstić information content (AvgIpc) is 2.76. The molecule has 1 atom stereocenters. The molecule has 30 heavy (non-hydrogen) atoms. The first-order valence-corrected chi connectivity index (χ1v) is 9.33. The molecule has 1 N–H and O–H groups in total. The highest BCUT2D eigenvalue weighted by Gasteiger charge is 2.26. The molecule has 0 aliphatic heterocycles. The average molecular weight is 416 g/mol. The number of ether oxygens (including phenoxy) is 3. The summed E-state index contributed by atoms with van der Waals surface area (Å²) in [6.07, 6.45) is 1.56. The van der Waals surface area contributed by atoms with Crippen molar-refractivity contribution in [3.8, 4) is 11.5 Å². The molecule has 0 aliphatic rings. The van der Waals surface area contributed by atoms with Gasteiger partial charge in [-0.3, -0.25) is 14.9 Å². The lowest BCUT2D eigenvalue weighted by molar-refractivity contribution is -0.385. The molecule has 0 radical (unpaired) electrons. The van der Waals surface area contributed by atoms with Crippen molar-refractivity contribution in [3.63, 3.8) is 0 Å². The third-order valence-electron chi connectivity index (χ3n) is 4.37. The van der Waals surface area contributed by atoms with Gasteiger partial charge in [0.15, 0.2) is 18.1 Å². The van der Waals surface area contributed by atoms with Gasteiger partial charge in [-0.15, -0.1) is 0 Å². The standard InChI is InChI=1S/C21H24N2O7/c1-4-8-16(14-9-6-5-7-10-14)22-20(24)13-30-21(25)15-11-18(28-2)19(29-3)12-17(15)23(26)27/h5-7,9-12,16H,4,8,13H2,1-3H3,(H,22,24)/t16-/m1/s1. The number of benzene rings is 2. The molecule has 0 fully saturated rings. The van der Waals surface area contributed by atoms with Crippen LogP contribution >= 0.6 is 0 Å². The third-order valence-corrected chi connectivity index (χ3v) is 4.37. The molecule has 160 valence electrons. The summed E-state index contributed by atoms with van der Waals surface area (Å²) in [6, 6.07) is 11.4. The number of nitrogens with zero attached hydrogens (tertiary/aromatic N) is 1. The summed E-state index contributed by atoms with van der Waals surface area (Å²) in [5.74, 6) is -1.28. The second kappa shape index (κ2) is 10.8. The van der Waals surface area contributed by atoms with E-state index in [-0.39, 0.29) is 23.1 Å². The molecule has 0 bridgehead atoms. The summed E-state index contributed by atoms with van der Waals surface area (Å²) in [7, 11) is 2.66. The van der Waals surface area contributed by atoms with E-state index in [9.17, 15) is 19.7 Å². The van der Waals surface area contributed by atoms with Crippen LogP contribution in [0.4, 0.5) is 5.69 Å². The van der Waals surface area contributed by atoms with Crippen molar-refractivity contribution in [2.75, 3.05) is 20.8 Å². The Morgan fingerprint density at radius 3 is 2.30 bits per heavy atom. The van der Waals surface area contributed by atoms with E-state index >= 15 is 0 Å². The lowest BCUT2D eigenvalue weighted by atomic mass is 10.0. The van der Waals surface area contributed by atoms with Gasteiger partial charge in [-0.05, 0) is 12.0 Å². The van der Waals surface area contributed by atoms with E-state index in [1.807, 2.05) is 37.3 Å². The summed E-state index contributed by atoms with van der Waals surface area (Å²) in [5, 5.41) is 14.2. The van der Waals surface area contributed by atoms with Crippen LogP contribution in [0.25, 0.3) is 0 Å². The second-order valence-electron chi connectivity index (χ2n) is 6.38. The summed E-state index contributed by atoms with van der Waals surface area (Å²) in [6.45, 7) is 1.43. The van der Waals surface area contributed by atoms with Gasteiger partial charge >= 0.3 is 5.97 Å². The van der Waals surface area contributed by atoms with Crippen molar-refractivity contribution in [2.24, 2.45) is 0 Å². The van der Waals surface area contributed by atoms with E-state index in [2.05, 4.69) is 5.32 Å². The van der Waals surface area contributed by atoms with Gasteiger partial charge in [0.05, 0.1) is 31.3 Å². The van der Waals surface area contributed by atoms with Crippen LogP contribution in [0.2, 0.25) is 0 Å². The smallest absolute Gasteiger partial charge is 0.345 e. The quantitative estimate of drug-likeness (QED) is 0.358. The van der Waals surface area contributed by atoms with E-state index < -0.39 is 29.1 Å². The van der Waals surface area contributed by atoms with Gasteiger partial charge in [0.25, 0.3) is 11.6 Å². The van der Waals surface area contributed by atoms with Gasteiger partial charge in [0.1, 0.15) is 5.56 Å². The zero-order valence-corrected chi connectivity index (χ0v) is 17.0. The van der Waals surface area contributed by atoms with Crippen molar-refractivity contribution >= 4 is 17.6 Å². The molecule has 2 rings (SSSR count). The first-order chi connectivity index (χ1) is 14.4. The number of carbonyl (C=O) groups excluding carboxylic acids is 2. The van der Waals surface area contributed by atoms with Gasteiger partial charge in [-0.25, -0.2) is 4.79 Å². The van der Waals surface area contributed by atoms with E-state index in [1.54, 1.807) is 0 Å². The van der Waals surface area contributed by atoms with Crippen molar-refractivity contribution in [1.29, 1.82) is 0 Å². The highest BCUT2D eigenvalue weighted by atomic mass is 16.6. The fraction of sp³-hybridized carbons (Fsp3) is 0.333. The highest BCUT2D eigenvalue weighted by molar-refractivity contribution is 5.96. The largest absolute Gasteiger partial charge is 0.493 e. The van der Waals surface area contributed by atoms with Crippen LogP contribution in [0.5, 0.6) is 11.5 Å². The minimum atomic E-state index is -1.01. The molecule has 0 aromatic heterocycles. The van der Waals surface area contributed by atoms with E-state index in [0.717, 1.165) is 24.1 Å². The fourth-order valence-electron chi connectivity index (χ4n) is 2.92. The number of nitro groups is 1. The number of esters is 1. The first kappa shape index (κ1) is 22.7. The van der Waals surface area contributed by atoms with Gasteiger partial charge in [-0.1, -0.05) is 43.7 Å². The number of hydrogen-bond acceptors (Lipinski definition) is 7. The molecule has 2 aromatic carbocycles. The lowest BCUT2D eigenvalue weighted by Crippen LogP contribution is -2.32. The Hall–Kier alpha value is -3.62. The number of methoxy groups -OCH3 is 2. The first-order valence-electron chi connectivity index (χ1n) is 9.33. The predicted molar refractivity (Wildman–Crippen MR) is 109 cm³/mol. The minimum absolute atomic E-state index is 0.101. The molecule has 0 saturated heterocycles. The second-order valence-corrected chi connectivity index (χ2v) is 6.38. The molecule has 1 amide bonds. The molecule has 0 unspecified atom stereocenters. The van der Waals surface area contributed by atoms with Crippen LogP contribution in [0, 0.1) is 10.1 Å². The van der Waals surface area contributed by atoms with Crippen LogP contribution in [-0.4, -0.2) is 37.6 Å². The number of amides is 1. The summed E-state index contributed by atoms with van der Waals surface area (Å²) < 4.78 is 15.1. The molecular formula is C21H24N2O7. The normalized spacial score (nSPS) is 11.3. The predicted octanol–water partition coefficient (Wildman–Crippen LogP) is 3.43. The fourth-order valence-corrected chi connectivity index (χ4v) is 2.92. The topological polar surface area (TPSA) is 117 Å². The van der Waals surface area contributed by atoms with Crippen LogP contribution in [0.1, 0.15) is 41.7 Å². The third kappa shape index (κ3) is 5.69. The Morgan fingerprint density at radius 2 is 1.73 bits per heavy atom. The molecule has 0 saturated carbocycles. The van der Waals surface area contributed by atoms with Crippen LogP contribution in [0.15, 0.2) is 42.5 Å². The SMILES string of the molecule is CCC[C@@H](NC(=O)COC(=O)c1cc(OC)c(OC)cc1[N+](=O)[O-])c1ccccc1. The van der Waals surface area contributed by atoms with Gasteiger partial charge < -0.3 is 19.5 Å². The Balaban J connectivity index is 2.10. The van der Waals surface area contributed by atoms with Gasteiger partial charge in [-0.2, -0.15) is 0 Å². The zero-order valence-electron chi connectivity index (χ0n) is 17.0. The van der Waals surface area contributed by atoms with E-state index in [1.165, 1.54) is 14.2 Å². The molecule has 0 aliphatic carbocycles. The molecular weight excluding hydrogens is 392 g/mol. The zero-order chi connectivity index (χ0) is 22.1. The molecule has 2 aromatic rings. The van der Waals surface area contributed by atoms with Crippen molar-refractivity contribution in [3.05, 3.63) is 63.7 Å². The molecule has 0 heterocycles. The van der Waals surface area contributed by atoms with Crippen molar-refractivity contribution in [1.82, 2.24) is 5.32 Å². The Bertz CT molecular complexity index is 900. The molecule has 9 heteroatoms. The Kier molecular flexibility index (Phi) is 8.16. The molecule has 0 spiro atoms. The number of nitrogens with one attached hydrogen (secondary N) is 1. The van der Waals surface area contributed by atoms with Crippen molar-refractivity contribution in [2.45, 2.75) is 25.8 Å². The summed E-state index contributed by atoms with van der Waals surface area (Å²) in [5.41, 5.74) is 0.0966. The monoisotopic (exact) mass is 416 g/mol. The lowest BCUT2D eigenvalue weighted by Gasteiger charge is -2.18. The highest BCUT2D eigenvalue weighted by Crippen LogP contribution is 2.34.